The summed E-state index contributed by atoms with van der Waals surface area (Å²) in [5, 5.41) is 28.7. The number of thiazole rings is 1. The summed E-state index contributed by atoms with van der Waals surface area (Å²) < 4.78 is 29.2. The Labute approximate surface area is 210 Å². The zero-order valence-electron chi connectivity index (χ0n) is 18.9. The van der Waals surface area contributed by atoms with Crippen molar-refractivity contribution in [2.24, 2.45) is 4.99 Å². The molecule has 0 saturated heterocycles. The van der Waals surface area contributed by atoms with Gasteiger partial charge in [0.1, 0.15) is 0 Å². The molecule has 3 rings (SSSR count). The van der Waals surface area contributed by atoms with Crippen molar-refractivity contribution in [1.82, 2.24) is 8.87 Å². The Morgan fingerprint density at radius 1 is 1.17 bits per heavy atom. The third-order valence-corrected chi connectivity index (χ3v) is 8.03. The quantitative estimate of drug-likeness (QED) is 0.223. The van der Waals surface area contributed by atoms with Gasteiger partial charge in [0.15, 0.2) is 4.80 Å². The predicted octanol–water partition coefficient (Wildman–Crippen LogP) is 3.36. The average Bonchev–Trinajstić information content (AvgIpc) is 3.20. The highest BCUT2D eigenvalue weighted by Gasteiger charge is 2.24. The number of carbonyl (C=O) groups excluding carboxylic acids is 1. The van der Waals surface area contributed by atoms with E-state index < -0.39 is 20.9 Å². The first-order chi connectivity index (χ1) is 17.2. The molecular formula is C23H20N6O5S2. The topological polar surface area (TPSA) is 162 Å². The lowest BCUT2D eigenvalue weighted by molar-refractivity contribution is -0.384. The zero-order chi connectivity index (χ0) is 26.3. The number of amides is 1. The van der Waals surface area contributed by atoms with Crippen molar-refractivity contribution in [2.75, 3.05) is 13.1 Å². The van der Waals surface area contributed by atoms with E-state index in [9.17, 15) is 23.3 Å². The summed E-state index contributed by atoms with van der Waals surface area (Å²) in [4.78, 5) is 27.9. The Morgan fingerprint density at radius 2 is 1.81 bits per heavy atom. The Balaban J connectivity index is 1.95. The van der Waals surface area contributed by atoms with Crippen molar-refractivity contribution in [2.45, 2.75) is 24.3 Å². The van der Waals surface area contributed by atoms with E-state index in [4.69, 9.17) is 10.5 Å². The molecule has 0 fully saturated rings. The third kappa shape index (κ3) is 5.72. The maximum absolute atomic E-state index is 12.9. The van der Waals surface area contributed by atoms with Gasteiger partial charge in [-0.05, 0) is 30.3 Å². The van der Waals surface area contributed by atoms with Crippen LogP contribution in [-0.2, 0) is 16.6 Å². The van der Waals surface area contributed by atoms with Gasteiger partial charge >= 0.3 is 0 Å². The van der Waals surface area contributed by atoms with Crippen LogP contribution in [-0.4, -0.2) is 41.2 Å². The molecule has 0 atom stereocenters. The summed E-state index contributed by atoms with van der Waals surface area (Å²) in [6.07, 6.45) is 1.56. The fourth-order valence-electron chi connectivity index (χ4n) is 3.34. The van der Waals surface area contributed by atoms with Crippen molar-refractivity contribution < 1.29 is 18.1 Å². The summed E-state index contributed by atoms with van der Waals surface area (Å²) in [5.74, 6) is -0.622. The van der Waals surface area contributed by atoms with Gasteiger partial charge in [-0.25, -0.2) is 8.42 Å². The van der Waals surface area contributed by atoms with E-state index in [1.807, 2.05) is 12.1 Å². The Bertz CT molecular complexity index is 1560. The van der Waals surface area contributed by atoms with Crippen LogP contribution in [0.4, 0.5) is 5.69 Å². The summed E-state index contributed by atoms with van der Waals surface area (Å²) in [7, 11) is -3.97. The Kier molecular flexibility index (Phi) is 8.45. The second-order valence-electron chi connectivity index (χ2n) is 7.35. The first-order valence-corrected chi connectivity index (χ1v) is 12.8. The predicted molar refractivity (Wildman–Crippen MR) is 132 cm³/mol. The van der Waals surface area contributed by atoms with Crippen LogP contribution >= 0.6 is 11.3 Å². The minimum atomic E-state index is -3.97. The summed E-state index contributed by atoms with van der Waals surface area (Å²) in [6, 6.07) is 13.4. The molecule has 0 radical (unpaired) electrons. The number of nitrogens with zero attached hydrogens (tertiary/aromatic N) is 6. The van der Waals surface area contributed by atoms with Crippen molar-refractivity contribution in [1.29, 1.82) is 10.5 Å². The van der Waals surface area contributed by atoms with Gasteiger partial charge in [0.25, 0.3) is 11.6 Å². The molecule has 1 aromatic heterocycles. The Morgan fingerprint density at radius 3 is 2.36 bits per heavy atom. The molecule has 1 heterocycles. The molecule has 3 aromatic rings. The molecule has 0 saturated carbocycles. The monoisotopic (exact) mass is 524 g/mol. The average molecular weight is 525 g/mol. The molecule has 184 valence electrons. The third-order valence-electron chi connectivity index (χ3n) is 5.07. The van der Waals surface area contributed by atoms with Gasteiger partial charge in [0.2, 0.25) is 10.0 Å². The lowest BCUT2D eigenvalue weighted by Crippen LogP contribution is -2.32. The lowest BCUT2D eigenvalue weighted by Gasteiger charge is -2.20. The van der Waals surface area contributed by atoms with Gasteiger partial charge in [-0.2, -0.15) is 19.8 Å². The minimum absolute atomic E-state index is 0.0247. The number of nitro benzene ring substituents is 1. The molecule has 2 aromatic carbocycles. The highest BCUT2D eigenvalue weighted by molar-refractivity contribution is 7.89. The number of aromatic nitrogens is 1. The van der Waals surface area contributed by atoms with E-state index in [0.717, 1.165) is 15.6 Å². The lowest BCUT2D eigenvalue weighted by atomic mass is 10.2. The maximum atomic E-state index is 12.9. The number of nitriles is 2. The number of benzene rings is 2. The normalized spacial score (nSPS) is 11.8. The second-order valence-corrected chi connectivity index (χ2v) is 10.3. The smallest absolute Gasteiger partial charge is 0.279 e. The molecular weight excluding hydrogens is 504 g/mol. The maximum Gasteiger partial charge on any atom is 0.279 e. The summed E-state index contributed by atoms with van der Waals surface area (Å²) in [6.45, 7) is 3.92. The number of non-ortho nitro benzene ring substituents is 1. The SMILES string of the molecule is C=CCn1c(=NC(=O)c2ccc(S(=O)(=O)N(CCC#N)CCC#N)cc2)sc2cc([N+](=O)[O-])ccc21. The van der Waals surface area contributed by atoms with Crippen LogP contribution < -0.4 is 4.80 Å². The number of allylic oxidation sites excluding steroid dienone is 1. The number of nitro groups is 1. The van der Waals surface area contributed by atoms with Crippen LogP contribution in [0.15, 0.2) is 65.0 Å². The highest BCUT2D eigenvalue weighted by atomic mass is 32.2. The molecule has 0 aliphatic carbocycles. The minimum Gasteiger partial charge on any atom is -0.312 e. The van der Waals surface area contributed by atoms with E-state index in [-0.39, 0.29) is 42.1 Å². The number of carbonyl (C=O) groups is 1. The van der Waals surface area contributed by atoms with Crippen molar-refractivity contribution >= 4 is 43.2 Å². The van der Waals surface area contributed by atoms with Crippen molar-refractivity contribution in [3.05, 3.63) is 75.6 Å². The van der Waals surface area contributed by atoms with Crippen LogP contribution in [0.1, 0.15) is 23.2 Å². The van der Waals surface area contributed by atoms with Crippen LogP contribution in [0.25, 0.3) is 10.2 Å². The second kappa shape index (κ2) is 11.5. The summed E-state index contributed by atoms with van der Waals surface area (Å²) >= 11 is 1.11. The molecule has 13 heteroatoms. The number of sulfonamides is 1. The summed E-state index contributed by atoms with van der Waals surface area (Å²) in [5.41, 5.74) is 0.722. The Hall–Kier alpha value is -4.17. The first-order valence-electron chi connectivity index (χ1n) is 10.5. The molecule has 0 aliphatic heterocycles. The van der Waals surface area contributed by atoms with Crippen LogP contribution in [0.2, 0.25) is 0 Å². The van der Waals surface area contributed by atoms with Crippen LogP contribution in [0.5, 0.6) is 0 Å². The number of rotatable bonds is 10. The molecule has 1 amide bonds. The molecule has 36 heavy (non-hydrogen) atoms. The van der Waals surface area contributed by atoms with Gasteiger partial charge in [-0.15, -0.1) is 6.58 Å². The molecule has 11 nitrogen and oxygen atoms in total. The largest absolute Gasteiger partial charge is 0.312 e. The number of hydrogen-bond acceptors (Lipinski definition) is 8. The zero-order valence-corrected chi connectivity index (χ0v) is 20.5. The van der Waals surface area contributed by atoms with E-state index in [0.29, 0.717) is 21.6 Å². The number of fused-ring (bicyclic) bond motifs is 1. The molecule has 0 spiro atoms. The van der Waals surface area contributed by atoms with Crippen LogP contribution in [0, 0.1) is 32.8 Å². The van der Waals surface area contributed by atoms with Gasteiger partial charge in [0.05, 0.1) is 32.2 Å². The van der Waals surface area contributed by atoms with E-state index in [1.165, 1.54) is 36.4 Å². The molecule has 0 N–H and O–H groups in total. The first kappa shape index (κ1) is 26.4. The van der Waals surface area contributed by atoms with E-state index in [2.05, 4.69) is 11.6 Å². The van der Waals surface area contributed by atoms with Gasteiger partial charge < -0.3 is 4.57 Å². The van der Waals surface area contributed by atoms with Gasteiger partial charge in [-0.1, -0.05) is 17.4 Å². The fraction of sp³-hybridized carbons (Fsp3) is 0.217. The highest BCUT2D eigenvalue weighted by Crippen LogP contribution is 2.23. The van der Waals surface area contributed by atoms with E-state index in [1.54, 1.807) is 16.7 Å². The molecule has 0 unspecified atom stereocenters. The standard InChI is InChI=1S/C23H20N6O5S2/c1-2-13-28-20-10-7-18(29(31)32)16-21(20)35-23(28)26-22(30)17-5-8-19(9-6-17)36(33,34)27(14-3-11-24)15-4-12-25/h2,5-10,16H,1,3-4,13-15H2. The van der Waals surface area contributed by atoms with Gasteiger partial charge in [-0.3, -0.25) is 14.9 Å². The fourth-order valence-corrected chi connectivity index (χ4v) is 5.85. The van der Waals surface area contributed by atoms with Crippen molar-refractivity contribution in [3.8, 4) is 12.1 Å². The van der Waals surface area contributed by atoms with Crippen LogP contribution in [0.3, 0.4) is 0 Å². The number of hydrogen-bond donors (Lipinski definition) is 0. The molecule has 0 bridgehead atoms. The van der Waals surface area contributed by atoms with Gasteiger partial charge in [0, 0.05) is 50.2 Å². The molecule has 0 aliphatic rings. The van der Waals surface area contributed by atoms with E-state index >= 15 is 0 Å². The van der Waals surface area contributed by atoms with Crippen molar-refractivity contribution in [3.63, 3.8) is 0 Å².